The number of cyclic esters (lactones) is 2. The van der Waals surface area contributed by atoms with Crippen molar-refractivity contribution < 1.29 is 38.5 Å². The van der Waals surface area contributed by atoms with Crippen LogP contribution < -0.4 is 10.6 Å². The van der Waals surface area contributed by atoms with Crippen molar-refractivity contribution in [1.82, 2.24) is 10.6 Å². The average molecular weight is 495 g/mol. The molecule has 2 aromatic rings. The van der Waals surface area contributed by atoms with Crippen molar-refractivity contribution in [2.24, 2.45) is 0 Å². The Morgan fingerprint density at radius 2 is 1.58 bits per heavy atom. The Labute approximate surface area is 207 Å². The lowest BCUT2D eigenvalue weighted by atomic mass is 9.98. The lowest BCUT2D eigenvalue weighted by molar-refractivity contribution is -0.222. The van der Waals surface area contributed by atoms with Crippen LogP contribution in [0, 0.1) is 0 Å². The zero-order chi connectivity index (χ0) is 25.9. The highest BCUT2D eigenvalue weighted by Gasteiger charge is 2.39. The molecule has 1 heterocycles. The maximum Gasteiger partial charge on any atom is 0.407 e. The van der Waals surface area contributed by atoms with Crippen LogP contribution in [0.25, 0.3) is 11.1 Å². The average Bonchev–Trinajstić information content (AvgIpc) is 3.14. The molecule has 0 aromatic heterocycles. The van der Waals surface area contributed by atoms with Crippen LogP contribution in [0.3, 0.4) is 0 Å². The van der Waals surface area contributed by atoms with Gasteiger partial charge in [-0.3, -0.25) is 0 Å². The maximum atomic E-state index is 12.4. The van der Waals surface area contributed by atoms with Crippen molar-refractivity contribution in [2.75, 3.05) is 13.2 Å². The Morgan fingerprint density at radius 3 is 2.14 bits per heavy atom. The molecule has 1 atom stereocenters. The van der Waals surface area contributed by atoms with Crippen molar-refractivity contribution in [2.45, 2.75) is 38.0 Å². The van der Waals surface area contributed by atoms with Gasteiger partial charge in [-0.25, -0.2) is 19.2 Å². The number of aliphatic carboxylic acids is 1. The number of benzene rings is 2. The molecule has 0 radical (unpaired) electrons. The molecular weight excluding hydrogens is 468 g/mol. The van der Waals surface area contributed by atoms with E-state index in [9.17, 15) is 24.3 Å². The van der Waals surface area contributed by atoms with Crippen molar-refractivity contribution >= 4 is 24.0 Å². The predicted octanol–water partition coefficient (Wildman–Crippen LogP) is 2.68. The Morgan fingerprint density at radius 1 is 1.03 bits per heavy atom. The lowest BCUT2D eigenvalue weighted by Crippen LogP contribution is -2.43. The molecule has 0 saturated carbocycles. The van der Waals surface area contributed by atoms with Crippen LogP contribution in [-0.2, 0) is 28.6 Å². The minimum absolute atomic E-state index is 0.0358. The summed E-state index contributed by atoms with van der Waals surface area (Å²) in [5, 5.41) is 14.5. The van der Waals surface area contributed by atoms with Gasteiger partial charge in [0.2, 0.25) is 0 Å². The van der Waals surface area contributed by atoms with Gasteiger partial charge in [0.1, 0.15) is 12.6 Å². The normalized spacial score (nSPS) is 16.7. The van der Waals surface area contributed by atoms with Gasteiger partial charge in [0.15, 0.2) is 5.57 Å². The van der Waals surface area contributed by atoms with Crippen molar-refractivity contribution in [3.8, 4) is 11.1 Å². The minimum Gasteiger partial charge on any atom is -0.480 e. The number of alkyl carbamates (subject to hydrolysis) is 1. The molecule has 2 aliphatic rings. The molecular formula is C26H26N2O8. The molecule has 1 aliphatic heterocycles. The summed E-state index contributed by atoms with van der Waals surface area (Å²) in [7, 11) is 0. The summed E-state index contributed by atoms with van der Waals surface area (Å²) in [5.41, 5.74) is 3.91. The molecule has 1 fully saturated rings. The number of fused-ring (bicyclic) bond motifs is 3. The second kappa shape index (κ2) is 10.1. The molecule has 1 unspecified atom stereocenters. The molecule has 4 rings (SSSR count). The highest BCUT2D eigenvalue weighted by molar-refractivity contribution is 6.15. The van der Waals surface area contributed by atoms with E-state index in [2.05, 4.69) is 10.6 Å². The zero-order valence-corrected chi connectivity index (χ0v) is 19.8. The minimum atomic E-state index is -1.35. The molecule has 1 aliphatic carbocycles. The van der Waals surface area contributed by atoms with Gasteiger partial charge in [0.25, 0.3) is 5.79 Å². The Hall–Kier alpha value is -4.34. The molecule has 10 heteroatoms. The quantitative estimate of drug-likeness (QED) is 0.219. The molecule has 2 aromatic carbocycles. The van der Waals surface area contributed by atoms with Gasteiger partial charge in [-0.15, -0.1) is 0 Å². The first kappa shape index (κ1) is 24.8. The molecule has 0 bridgehead atoms. The molecule has 188 valence electrons. The van der Waals surface area contributed by atoms with Gasteiger partial charge in [-0.2, -0.15) is 0 Å². The SMILES string of the molecule is CC1(C)OC(=O)C(=CNCCC(NC(=O)OCC2c3ccccc3-c3ccccc32)C(=O)O)C(=O)O1. The van der Waals surface area contributed by atoms with E-state index in [4.69, 9.17) is 14.2 Å². The fourth-order valence-electron chi connectivity index (χ4n) is 4.22. The largest absolute Gasteiger partial charge is 0.480 e. The van der Waals surface area contributed by atoms with Crippen LogP contribution in [0.15, 0.2) is 60.3 Å². The van der Waals surface area contributed by atoms with Gasteiger partial charge in [-0.1, -0.05) is 48.5 Å². The zero-order valence-electron chi connectivity index (χ0n) is 19.8. The first-order valence-electron chi connectivity index (χ1n) is 11.4. The number of amides is 1. The van der Waals surface area contributed by atoms with Crippen LogP contribution in [0.2, 0.25) is 0 Å². The van der Waals surface area contributed by atoms with Crippen molar-refractivity contribution in [3.05, 3.63) is 71.4 Å². The molecule has 36 heavy (non-hydrogen) atoms. The predicted molar refractivity (Wildman–Crippen MR) is 127 cm³/mol. The lowest BCUT2D eigenvalue weighted by Gasteiger charge is -2.29. The highest BCUT2D eigenvalue weighted by Crippen LogP contribution is 2.44. The summed E-state index contributed by atoms with van der Waals surface area (Å²) in [4.78, 5) is 47.9. The first-order chi connectivity index (χ1) is 17.2. The van der Waals surface area contributed by atoms with Crippen LogP contribution >= 0.6 is 0 Å². The number of nitrogens with one attached hydrogen (secondary N) is 2. The number of ether oxygens (including phenoxy) is 3. The van der Waals surface area contributed by atoms with E-state index in [-0.39, 0.29) is 31.1 Å². The number of carbonyl (C=O) groups is 4. The standard InChI is InChI=1S/C26H26N2O8/c1-26(2)35-23(31)19(24(32)36-26)13-27-12-11-21(22(29)30)28-25(33)34-14-20-17-9-5-3-7-15(17)16-8-4-6-10-18(16)20/h3-10,13,20-21,27H,11-12,14H2,1-2H3,(H,28,33)(H,29,30). The van der Waals surface area contributed by atoms with E-state index in [1.54, 1.807) is 0 Å². The van der Waals surface area contributed by atoms with Crippen LogP contribution in [0.1, 0.15) is 37.3 Å². The number of carboxylic acid groups (broad SMARTS) is 1. The van der Waals surface area contributed by atoms with E-state index in [1.165, 1.54) is 13.8 Å². The van der Waals surface area contributed by atoms with Crippen molar-refractivity contribution in [1.29, 1.82) is 0 Å². The Kier molecular flexibility index (Phi) is 6.96. The summed E-state index contributed by atoms with van der Waals surface area (Å²) < 4.78 is 15.4. The van der Waals surface area contributed by atoms with Crippen LogP contribution in [0.5, 0.6) is 0 Å². The molecule has 1 amide bonds. The molecule has 0 spiro atoms. The smallest absolute Gasteiger partial charge is 0.407 e. The van der Waals surface area contributed by atoms with Gasteiger partial charge < -0.3 is 30.0 Å². The third-order valence-corrected chi connectivity index (χ3v) is 5.87. The fourth-order valence-corrected chi connectivity index (χ4v) is 4.22. The van der Waals surface area contributed by atoms with Crippen molar-refractivity contribution in [3.63, 3.8) is 0 Å². The van der Waals surface area contributed by atoms with Gasteiger partial charge >= 0.3 is 24.0 Å². The Bertz CT molecular complexity index is 1170. The fraction of sp³-hybridized carbons (Fsp3) is 0.308. The number of esters is 2. The monoisotopic (exact) mass is 494 g/mol. The summed E-state index contributed by atoms with van der Waals surface area (Å²) in [6.07, 6.45) is 0.203. The number of rotatable bonds is 8. The third-order valence-electron chi connectivity index (χ3n) is 5.87. The summed E-state index contributed by atoms with van der Waals surface area (Å²) in [6, 6.07) is 14.5. The second-order valence-electron chi connectivity index (χ2n) is 8.84. The maximum absolute atomic E-state index is 12.4. The summed E-state index contributed by atoms with van der Waals surface area (Å²) >= 11 is 0. The van der Waals surface area contributed by atoms with E-state index < -0.39 is 35.8 Å². The number of hydrogen-bond acceptors (Lipinski definition) is 8. The van der Waals surface area contributed by atoms with Crippen LogP contribution in [0.4, 0.5) is 4.79 Å². The molecule has 10 nitrogen and oxygen atoms in total. The van der Waals surface area contributed by atoms with Gasteiger partial charge in [0.05, 0.1) is 0 Å². The van der Waals surface area contributed by atoms with Crippen LogP contribution in [-0.4, -0.2) is 54.1 Å². The highest BCUT2D eigenvalue weighted by atomic mass is 16.7. The van der Waals surface area contributed by atoms with E-state index in [0.29, 0.717) is 0 Å². The second-order valence-corrected chi connectivity index (χ2v) is 8.84. The topological polar surface area (TPSA) is 140 Å². The van der Waals surface area contributed by atoms with Gasteiger partial charge in [0, 0.05) is 32.5 Å². The Balaban J connectivity index is 1.30. The molecule has 3 N–H and O–H groups in total. The summed E-state index contributed by atoms with van der Waals surface area (Å²) in [5.74, 6) is -4.46. The van der Waals surface area contributed by atoms with E-state index >= 15 is 0 Å². The number of hydrogen-bond donors (Lipinski definition) is 3. The summed E-state index contributed by atoms with van der Waals surface area (Å²) in [6.45, 7) is 2.95. The van der Waals surface area contributed by atoms with E-state index in [1.807, 2.05) is 48.5 Å². The number of carbonyl (C=O) groups excluding carboxylic acids is 3. The third kappa shape index (κ3) is 5.32. The number of carboxylic acids is 1. The van der Waals surface area contributed by atoms with E-state index in [0.717, 1.165) is 28.5 Å². The van der Waals surface area contributed by atoms with Gasteiger partial charge in [-0.05, 0) is 28.7 Å². The molecule has 1 saturated heterocycles. The first-order valence-corrected chi connectivity index (χ1v) is 11.4.